The number of primary amides is 1. The first-order valence-electron chi connectivity index (χ1n) is 9.26. The van der Waals surface area contributed by atoms with Crippen LogP contribution in [0.15, 0.2) is 12.2 Å². The monoisotopic (exact) mass is 387 g/mol. The summed E-state index contributed by atoms with van der Waals surface area (Å²) in [6.07, 6.45) is 5.09. The number of carbonyl (C=O) groups is 1. The Labute approximate surface area is 157 Å². The van der Waals surface area contributed by atoms with E-state index in [1.807, 2.05) is 13.1 Å². The Morgan fingerprint density at radius 3 is 2.00 bits per heavy atom. The van der Waals surface area contributed by atoms with Crippen LogP contribution in [0.3, 0.4) is 0 Å². The van der Waals surface area contributed by atoms with Gasteiger partial charge >= 0.3 is 0 Å². The lowest BCUT2D eigenvalue weighted by atomic mass is 9.99. The first kappa shape index (κ1) is 24.6. The average molecular weight is 388 g/mol. The predicted octanol–water partition coefficient (Wildman–Crippen LogP) is 4.81. The molecule has 0 bridgehead atoms. The normalized spacial score (nSPS) is 16.9. The van der Waals surface area contributed by atoms with E-state index in [9.17, 15) is 9.59 Å². The number of allylic oxidation sites excluding steroid dienone is 1. The second-order valence-electron chi connectivity index (χ2n) is 10.0. The third-order valence-corrected chi connectivity index (χ3v) is 14.0. The van der Waals surface area contributed by atoms with E-state index in [0.717, 1.165) is 6.42 Å². The second-order valence-corrected chi connectivity index (χ2v) is 19.2. The third-order valence-electron chi connectivity index (χ3n) is 5.97. The number of rotatable bonds is 9. The molecule has 0 rings (SSSR count). The molecule has 0 saturated heterocycles. The van der Waals surface area contributed by atoms with Crippen molar-refractivity contribution in [3.63, 3.8) is 0 Å². The molecule has 6 heteroatoms. The van der Waals surface area contributed by atoms with Crippen molar-refractivity contribution in [2.24, 2.45) is 11.7 Å². The van der Waals surface area contributed by atoms with Crippen molar-refractivity contribution in [3.8, 4) is 0 Å². The van der Waals surface area contributed by atoms with Gasteiger partial charge in [-0.15, -0.1) is 0 Å². The molecule has 0 unspecified atom stereocenters. The molecule has 3 N–H and O–H groups in total. The molecule has 0 aromatic carbocycles. The van der Waals surface area contributed by atoms with Gasteiger partial charge in [0, 0.05) is 0 Å². The molecule has 0 heterocycles. The fraction of sp³-hybridized carbons (Fsp3) is 0.842. The minimum Gasteiger partial charge on any atom is -0.432 e. The van der Waals surface area contributed by atoms with Crippen LogP contribution in [0.4, 0.5) is 0 Å². The van der Waals surface area contributed by atoms with Crippen LogP contribution in [0.25, 0.3) is 0 Å². The van der Waals surface area contributed by atoms with Crippen molar-refractivity contribution in [1.29, 1.82) is 0 Å². The van der Waals surface area contributed by atoms with Gasteiger partial charge in [-0.3, -0.25) is 4.79 Å². The lowest BCUT2D eigenvalue weighted by molar-refractivity contribution is -0.120. The molecule has 0 radical (unpaired) electrons. The number of hydrogen-bond donors (Lipinski definition) is 2. The molecule has 0 aromatic rings. The number of carbonyl (C=O) groups excluding carboxylic acids is 1. The summed E-state index contributed by atoms with van der Waals surface area (Å²) in [6.45, 7) is 21.2. The summed E-state index contributed by atoms with van der Waals surface area (Å²) in [6, 6.07) is 0. The Kier molecular flexibility index (Phi) is 8.35. The Morgan fingerprint density at radius 1 is 1.16 bits per heavy atom. The van der Waals surface area contributed by atoms with Gasteiger partial charge in [-0.05, 0) is 48.6 Å². The molecular weight excluding hydrogens is 346 g/mol. The molecule has 148 valence electrons. The van der Waals surface area contributed by atoms with Gasteiger partial charge in [0.2, 0.25) is 5.91 Å². The molecule has 0 aromatic heterocycles. The second kappa shape index (κ2) is 8.50. The minimum atomic E-state index is -2.22. The van der Waals surface area contributed by atoms with Crippen molar-refractivity contribution >= 4 is 22.5 Å². The highest BCUT2D eigenvalue weighted by Crippen LogP contribution is 2.40. The summed E-state index contributed by atoms with van der Waals surface area (Å²) < 4.78 is 6.47. The van der Waals surface area contributed by atoms with Crippen molar-refractivity contribution < 1.29 is 14.0 Å². The maximum atomic E-state index is 11.5. The molecule has 0 fully saturated rings. The van der Waals surface area contributed by atoms with Crippen LogP contribution >= 0.6 is 0 Å². The fourth-order valence-corrected chi connectivity index (χ4v) is 4.07. The van der Waals surface area contributed by atoms with Crippen LogP contribution in [0.2, 0.25) is 36.3 Å². The molecule has 4 nitrogen and oxygen atoms in total. The van der Waals surface area contributed by atoms with Gasteiger partial charge in [0.05, 0.1) is 12.5 Å². The SMILES string of the molecule is C[C@H](/C=C/CC(C)(C)[Si](C)(C)O)[C@H](CC(N)=O)O[Si](C)(C)C(C)(C)C. The highest BCUT2D eigenvalue weighted by atomic mass is 28.4. The minimum absolute atomic E-state index is 0.0842. The number of hydrogen-bond acceptors (Lipinski definition) is 3. The van der Waals surface area contributed by atoms with Gasteiger partial charge in [-0.1, -0.05) is 53.7 Å². The molecular formula is C19H41NO3Si2. The van der Waals surface area contributed by atoms with Crippen LogP contribution in [-0.4, -0.2) is 33.4 Å². The van der Waals surface area contributed by atoms with Gasteiger partial charge in [0.25, 0.3) is 0 Å². The lowest BCUT2D eigenvalue weighted by Gasteiger charge is -2.40. The molecule has 0 aliphatic rings. The first-order chi connectivity index (χ1) is 10.9. The molecule has 25 heavy (non-hydrogen) atoms. The van der Waals surface area contributed by atoms with Gasteiger partial charge in [0.1, 0.15) is 0 Å². The number of amides is 1. The van der Waals surface area contributed by atoms with E-state index >= 15 is 0 Å². The molecule has 1 amide bonds. The van der Waals surface area contributed by atoms with Crippen LogP contribution in [0.5, 0.6) is 0 Å². The van der Waals surface area contributed by atoms with Crippen molar-refractivity contribution in [2.45, 2.75) is 96.8 Å². The lowest BCUT2D eigenvalue weighted by Crippen LogP contribution is -2.46. The van der Waals surface area contributed by atoms with Gasteiger partial charge < -0.3 is 15.0 Å². The van der Waals surface area contributed by atoms with Gasteiger partial charge in [-0.2, -0.15) is 0 Å². The van der Waals surface area contributed by atoms with Gasteiger partial charge in [0.15, 0.2) is 16.6 Å². The molecule has 0 aliphatic heterocycles. The molecule has 0 aliphatic carbocycles. The highest BCUT2D eigenvalue weighted by molar-refractivity contribution is 6.74. The third kappa shape index (κ3) is 7.77. The summed E-state index contributed by atoms with van der Waals surface area (Å²) in [5.41, 5.74) is 5.46. The van der Waals surface area contributed by atoms with Crippen LogP contribution < -0.4 is 5.73 Å². The summed E-state index contributed by atoms with van der Waals surface area (Å²) >= 11 is 0. The van der Waals surface area contributed by atoms with E-state index in [2.05, 4.69) is 66.8 Å². The van der Waals surface area contributed by atoms with Crippen molar-refractivity contribution in [1.82, 2.24) is 0 Å². The van der Waals surface area contributed by atoms with E-state index < -0.39 is 16.6 Å². The summed E-state index contributed by atoms with van der Waals surface area (Å²) in [5, 5.41) is -0.0104. The highest BCUT2D eigenvalue weighted by Gasteiger charge is 2.40. The van der Waals surface area contributed by atoms with Gasteiger partial charge in [-0.25, -0.2) is 0 Å². The molecule has 2 atom stereocenters. The Hall–Kier alpha value is -0.436. The van der Waals surface area contributed by atoms with E-state index in [0.29, 0.717) is 0 Å². The zero-order chi connectivity index (χ0) is 20.3. The van der Waals surface area contributed by atoms with Crippen molar-refractivity contribution in [2.75, 3.05) is 0 Å². The Bertz CT molecular complexity index is 474. The zero-order valence-corrected chi connectivity index (χ0v) is 20.1. The Balaban J connectivity index is 5.18. The van der Waals surface area contributed by atoms with Crippen LogP contribution in [0, 0.1) is 5.92 Å². The van der Waals surface area contributed by atoms with Crippen molar-refractivity contribution in [3.05, 3.63) is 12.2 Å². The van der Waals surface area contributed by atoms with E-state index in [1.54, 1.807) is 0 Å². The maximum Gasteiger partial charge on any atom is 0.220 e. The molecule has 0 spiro atoms. The maximum absolute atomic E-state index is 11.5. The zero-order valence-electron chi connectivity index (χ0n) is 18.1. The Morgan fingerprint density at radius 2 is 1.64 bits per heavy atom. The van der Waals surface area contributed by atoms with Crippen LogP contribution in [0.1, 0.15) is 54.4 Å². The summed E-state index contributed by atoms with van der Waals surface area (Å²) in [4.78, 5) is 21.9. The predicted molar refractivity (Wildman–Crippen MR) is 113 cm³/mol. The first-order valence-corrected chi connectivity index (χ1v) is 15.1. The molecule has 0 saturated carbocycles. The fourth-order valence-electron chi connectivity index (χ4n) is 2.04. The standard InChI is InChI=1S/C19H41NO3Si2/c1-15(12-11-13-19(5,6)24(7,8)22)16(14-17(20)21)23-25(9,10)18(2,3)4/h11-12,15-16,22H,13-14H2,1-10H3,(H2,20,21)/b12-11+/t15-,16+/m1/s1. The summed E-state index contributed by atoms with van der Waals surface area (Å²) in [5.74, 6) is -0.228. The van der Waals surface area contributed by atoms with E-state index in [4.69, 9.17) is 10.2 Å². The smallest absolute Gasteiger partial charge is 0.220 e. The average Bonchev–Trinajstić information content (AvgIpc) is 2.33. The van der Waals surface area contributed by atoms with E-state index in [1.165, 1.54) is 0 Å². The largest absolute Gasteiger partial charge is 0.432 e. The quantitative estimate of drug-likeness (QED) is 0.440. The number of nitrogens with two attached hydrogens (primary N) is 1. The topological polar surface area (TPSA) is 72.5 Å². The van der Waals surface area contributed by atoms with Crippen LogP contribution in [-0.2, 0) is 9.22 Å². The van der Waals surface area contributed by atoms with E-state index in [-0.39, 0.29) is 34.4 Å². The summed E-state index contributed by atoms with van der Waals surface area (Å²) in [7, 11) is -4.20.